The molecule has 4 N–H and O–H groups in total. The predicted octanol–water partition coefficient (Wildman–Crippen LogP) is 3.93. The molecule has 1 aromatic heterocycles. The number of nitrogens with two attached hydrogens (primary N) is 1. The Balaban J connectivity index is 1.60. The average Bonchev–Trinajstić information content (AvgIpc) is 3.06. The van der Waals surface area contributed by atoms with E-state index in [0.717, 1.165) is 40.1 Å². The number of hydrogen-bond donors (Lipinski definition) is 3. The quantitative estimate of drug-likeness (QED) is 0.437. The van der Waals surface area contributed by atoms with Crippen molar-refractivity contribution in [1.82, 2.24) is 4.98 Å². The van der Waals surface area contributed by atoms with Crippen molar-refractivity contribution < 1.29 is 9.47 Å². The number of nitrogens with zero attached hydrogens (tertiary/aromatic N) is 1. The van der Waals surface area contributed by atoms with E-state index >= 15 is 0 Å². The summed E-state index contributed by atoms with van der Waals surface area (Å²) < 4.78 is 11.1. The van der Waals surface area contributed by atoms with Crippen LogP contribution in [0.25, 0.3) is 10.9 Å². The number of H-pyrrole nitrogens is 1. The van der Waals surface area contributed by atoms with Crippen LogP contribution in [0.15, 0.2) is 53.7 Å². The Morgan fingerprint density at radius 1 is 1.19 bits per heavy atom. The molecule has 0 bridgehead atoms. The topological polar surface area (TPSA) is 84.7 Å². The minimum Gasteiger partial charge on any atom is -0.496 e. The Labute approximate surface area is 159 Å². The standard InChI is InChI=1S/C21H26N4O2/c1-14(2)27-17-9-7-16(8-10-17)25-21(22)23-12-11-15-13-24-18-5-4-6-19(26-3)20(15)18/h4-10,13-14,24H,11-12H2,1-3H3,(H3,22,23,25). The summed E-state index contributed by atoms with van der Waals surface area (Å²) in [7, 11) is 1.68. The number of rotatable bonds is 7. The zero-order valence-corrected chi connectivity index (χ0v) is 16.0. The zero-order valence-electron chi connectivity index (χ0n) is 16.0. The van der Waals surface area contributed by atoms with E-state index < -0.39 is 0 Å². The predicted molar refractivity (Wildman–Crippen MR) is 111 cm³/mol. The summed E-state index contributed by atoms with van der Waals surface area (Å²) in [5.41, 5.74) is 9.10. The SMILES string of the molecule is COc1cccc2[nH]cc(CCN=C(N)Nc3ccc(OC(C)C)cc3)c12. The monoisotopic (exact) mass is 366 g/mol. The van der Waals surface area contributed by atoms with Gasteiger partial charge in [0.25, 0.3) is 0 Å². The number of aromatic amines is 1. The molecule has 142 valence electrons. The fraction of sp³-hybridized carbons (Fsp3) is 0.286. The van der Waals surface area contributed by atoms with Crippen LogP contribution in [0.5, 0.6) is 11.5 Å². The molecule has 3 aromatic rings. The number of ether oxygens (including phenoxy) is 2. The number of hydrogen-bond acceptors (Lipinski definition) is 3. The maximum absolute atomic E-state index is 6.01. The Hall–Kier alpha value is -3.15. The zero-order chi connectivity index (χ0) is 19.2. The third-order valence-corrected chi connectivity index (χ3v) is 4.13. The van der Waals surface area contributed by atoms with Crippen molar-refractivity contribution in [3.63, 3.8) is 0 Å². The highest BCUT2D eigenvalue weighted by atomic mass is 16.5. The second-order valence-electron chi connectivity index (χ2n) is 6.53. The average molecular weight is 366 g/mol. The van der Waals surface area contributed by atoms with Gasteiger partial charge in [-0.25, -0.2) is 0 Å². The highest BCUT2D eigenvalue weighted by Crippen LogP contribution is 2.28. The molecule has 0 radical (unpaired) electrons. The highest BCUT2D eigenvalue weighted by Gasteiger charge is 2.08. The molecule has 6 heteroatoms. The van der Waals surface area contributed by atoms with Crippen LogP contribution in [0.3, 0.4) is 0 Å². The Morgan fingerprint density at radius 2 is 1.96 bits per heavy atom. The van der Waals surface area contributed by atoms with E-state index in [9.17, 15) is 0 Å². The van der Waals surface area contributed by atoms with Crippen LogP contribution < -0.4 is 20.5 Å². The lowest BCUT2D eigenvalue weighted by atomic mass is 10.1. The first-order valence-corrected chi connectivity index (χ1v) is 9.03. The number of anilines is 1. The Morgan fingerprint density at radius 3 is 2.67 bits per heavy atom. The number of guanidine groups is 1. The summed E-state index contributed by atoms with van der Waals surface area (Å²) in [6.45, 7) is 4.58. The van der Waals surface area contributed by atoms with Gasteiger partial charge in [0.1, 0.15) is 11.5 Å². The van der Waals surface area contributed by atoms with Gasteiger partial charge in [0.2, 0.25) is 0 Å². The molecule has 0 fully saturated rings. The number of aliphatic imine (C=N–C) groups is 1. The molecular formula is C21H26N4O2. The van der Waals surface area contributed by atoms with Gasteiger partial charge in [-0.1, -0.05) is 6.07 Å². The van der Waals surface area contributed by atoms with Gasteiger partial charge in [-0.3, -0.25) is 4.99 Å². The Bertz CT molecular complexity index is 914. The van der Waals surface area contributed by atoms with Gasteiger partial charge < -0.3 is 25.5 Å². The normalized spacial score (nSPS) is 11.8. The van der Waals surface area contributed by atoms with E-state index in [-0.39, 0.29) is 6.10 Å². The molecule has 1 heterocycles. The van der Waals surface area contributed by atoms with Gasteiger partial charge in [-0.2, -0.15) is 0 Å². The van der Waals surface area contributed by atoms with Crippen LogP contribution in [0.2, 0.25) is 0 Å². The molecule has 3 rings (SSSR count). The van der Waals surface area contributed by atoms with Gasteiger partial charge in [-0.05, 0) is 62.2 Å². The molecule has 0 atom stereocenters. The van der Waals surface area contributed by atoms with E-state index in [1.807, 2.05) is 62.5 Å². The molecule has 0 amide bonds. The first-order chi connectivity index (χ1) is 13.1. The molecule has 2 aromatic carbocycles. The fourth-order valence-electron chi connectivity index (χ4n) is 2.96. The van der Waals surface area contributed by atoms with Gasteiger partial charge in [0, 0.05) is 29.3 Å². The smallest absolute Gasteiger partial charge is 0.193 e. The lowest BCUT2D eigenvalue weighted by Crippen LogP contribution is -2.23. The van der Waals surface area contributed by atoms with E-state index in [1.165, 1.54) is 0 Å². The summed E-state index contributed by atoms with van der Waals surface area (Å²) in [5, 5.41) is 4.20. The van der Waals surface area contributed by atoms with Crippen LogP contribution in [-0.4, -0.2) is 30.7 Å². The Kier molecular flexibility index (Phi) is 5.86. The number of methoxy groups -OCH3 is 1. The molecule has 0 aliphatic rings. The van der Waals surface area contributed by atoms with Crippen molar-refractivity contribution >= 4 is 22.5 Å². The van der Waals surface area contributed by atoms with Gasteiger partial charge in [0.05, 0.1) is 13.2 Å². The minimum absolute atomic E-state index is 0.151. The summed E-state index contributed by atoms with van der Waals surface area (Å²) in [4.78, 5) is 7.70. The van der Waals surface area contributed by atoms with Crippen LogP contribution in [-0.2, 0) is 6.42 Å². The van der Waals surface area contributed by atoms with Crippen LogP contribution in [0.4, 0.5) is 5.69 Å². The summed E-state index contributed by atoms with van der Waals surface area (Å²) >= 11 is 0. The van der Waals surface area contributed by atoms with Crippen molar-refractivity contribution in [3.8, 4) is 11.5 Å². The van der Waals surface area contributed by atoms with Crippen molar-refractivity contribution in [1.29, 1.82) is 0 Å². The molecule has 0 unspecified atom stereocenters. The molecule has 6 nitrogen and oxygen atoms in total. The first-order valence-electron chi connectivity index (χ1n) is 9.03. The molecule has 0 saturated carbocycles. The van der Waals surface area contributed by atoms with Crippen LogP contribution in [0, 0.1) is 0 Å². The number of nitrogens with one attached hydrogen (secondary N) is 2. The molecule has 0 aliphatic heterocycles. The lowest BCUT2D eigenvalue weighted by Gasteiger charge is -2.11. The van der Waals surface area contributed by atoms with Crippen LogP contribution >= 0.6 is 0 Å². The molecule has 0 saturated heterocycles. The summed E-state index contributed by atoms with van der Waals surface area (Å²) in [5.74, 6) is 2.08. The lowest BCUT2D eigenvalue weighted by molar-refractivity contribution is 0.242. The fourth-order valence-corrected chi connectivity index (χ4v) is 2.96. The number of benzene rings is 2. The first kappa shape index (κ1) is 18.6. The largest absolute Gasteiger partial charge is 0.496 e. The van der Waals surface area contributed by atoms with E-state index in [4.69, 9.17) is 15.2 Å². The number of aromatic nitrogens is 1. The van der Waals surface area contributed by atoms with E-state index in [1.54, 1.807) is 7.11 Å². The van der Waals surface area contributed by atoms with E-state index in [2.05, 4.69) is 15.3 Å². The third kappa shape index (κ3) is 4.73. The van der Waals surface area contributed by atoms with Crippen molar-refractivity contribution in [3.05, 3.63) is 54.2 Å². The maximum atomic E-state index is 6.01. The minimum atomic E-state index is 0.151. The molecule has 27 heavy (non-hydrogen) atoms. The number of fused-ring (bicyclic) bond motifs is 1. The molecule has 0 spiro atoms. The molecule has 0 aliphatic carbocycles. The van der Waals surface area contributed by atoms with Crippen LogP contribution in [0.1, 0.15) is 19.4 Å². The maximum Gasteiger partial charge on any atom is 0.193 e. The highest BCUT2D eigenvalue weighted by molar-refractivity contribution is 5.92. The third-order valence-electron chi connectivity index (χ3n) is 4.13. The van der Waals surface area contributed by atoms with Gasteiger partial charge >= 0.3 is 0 Å². The van der Waals surface area contributed by atoms with Gasteiger partial charge in [-0.15, -0.1) is 0 Å². The van der Waals surface area contributed by atoms with E-state index in [0.29, 0.717) is 12.5 Å². The second-order valence-corrected chi connectivity index (χ2v) is 6.53. The molecular weight excluding hydrogens is 340 g/mol. The second kappa shape index (κ2) is 8.49. The van der Waals surface area contributed by atoms with Gasteiger partial charge in [0.15, 0.2) is 5.96 Å². The van der Waals surface area contributed by atoms with Crippen molar-refractivity contribution in [2.45, 2.75) is 26.4 Å². The van der Waals surface area contributed by atoms with Crippen molar-refractivity contribution in [2.24, 2.45) is 10.7 Å². The van der Waals surface area contributed by atoms with Crippen molar-refractivity contribution in [2.75, 3.05) is 19.0 Å². The summed E-state index contributed by atoms with van der Waals surface area (Å²) in [6.07, 6.45) is 2.92. The summed E-state index contributed by atoms with van der Waals surface area (Å²) in [6, 6.07) is 13.6.